The van der Waals surface area contributed by atoms with Gasteiger partial charge in [0.05, 0.1) is 11.2 Å². The zero-order valence-electron chi connectivity index (χ0n) is 14.3. The molecule has 21 heavy (non-hydrogen) atoms. The molecule has 3 nitrogen and oxygen atoms in total. The van der Waals surface area contributed by atoms with Gasteiger partial charge < -0.3 is 10.2 Å². The quantitative estimate of drug-likeness (QED) is 0.918. The van der Waals surface area contributed by atoms with Gasteiger partial charge in [0.15, 0.2) is 0 Å². The highest BCUT2D eigenvalue weighted by Crippen LogP contribution is 2.36. The molecule has 1 aliphatic rings. The highest BCUT2D eigenvalue weighted by molar-refractivity contribution is 7.09. The van der Waals surface area contributed by atoms with E-state index < -0.39 is 0 Å². The van der Waals surface area contributed by atoms with Gasteiger partial charge in [-0.1, -0.05) is 27.7 Å². The fourth-order valence-corrected chi connectivity index (χ4v) is 4.22. The third kappa shape index (κ3) is 4.05. The highest BCUT2D eigenvalue weighted by atomic mass is 32.1. The van der Waals surface area contributed by atoms with Crippen molar-refractivity contribution in [3.05, 3.63) is 16.1 Å². The maximum Gasteiger partial charge on any atom is 0.113 e. The van der Waals surface area contributed by atoms with Crippen molar-refractivity contribution in [1.82, 2.24) is 15.2 Å². The van der Waals surface area contributed by atoms with Crippen molar-refractivity contribution >= 4 is 11.3 Å². The van der Waals surface area contributed by atoms with Crippen molar-refractivity contribution < 1.29 is 0 Å². The number of nitrogens with zero attached hydrogens (tertiary/aromatic N) is 2. The predicted molar refractivity (Wildman–Crippen MR) is 92.1 cm³/mol. The zero-order valence-corrected chi connectivity index (χ0v) is 15.1. The predicted octanol–water partition coefficient (Wildman–Crippen LogP) is 3.75. The Bertz CT molecular complexity index is 445. The van der Waals surface area contributed by atoms with E-state index in [0.717, 1.165) is 13.1 Å². The molecule has 1 aromatic rings. The van der Waals surface area contributed by atoms with Gasteiger partial charge in [-0.25, -0.2) is 4.98 Å². The van der Waals surface area contributed by atoms with Crippen LogP contribution in [0.3, 0.4) is 0 Å². The van der Waals surface area contributed by atoms with E-state index in [2.05, 4.69) is 50.3 Å². The molecule has 2 heterocycles. The summed E-state index contributed by atoms with van der Waals surface area (Å²) in [5, 5.41) is 7.41. The van der Waals surface area contributed by atoms with E-state index in [9.17, 15) is 0 Å². The first kappa shape index (κ1) is 16.9. The lowest BCUT2D eigenvalue weighted by molar-refractivity contribution is 0.279. The van der Waals surface area contributed by atoms with Gasteiger partial charge in [0.25, 0.3) is 0 Å². The molecule has 120 valence electrons. The summed E-state index contributed by atoms with van der Waals surface area (Å²) in [5.74, 6) is 0. The summed E-state index contributed by atoms with van der Waals surface area (Å²) < 4.78 is 0. The van der Waals surface area contributed by atoms with Crippen molar-refractivity contribution in [2.45, 2.75) is 64.3 Å². The molecule has 1 aliphatic heterocycles. The molecule has 0 bridgehead atoms. The van der Waals surface area contributed by atoms with Gasteiger partial charge >= 0.3 is 0 Å². The topological polar surface area (TPSA) is 28.2 Å². The lowest BCUT2D eigenvalue weighted by Crippen LogP contribution is -2.43. The van der Waals surface area contributed by atoms with E-state index in [1.165, 1.54) is 42.9 Å². The van der Waals surface area contributed by atoms with Crippen LogP contribution in [0.4, 0.5) is 0 Å². The Morgan fingerprint density at radius 1 is 1.33 bits per heavy atom. The molecular weight excluding hydrogens is 278 g/mol. The number of hydrogen-bond acceptors (Lipinski definition) is 4. The molecule has 0 radical (unpaired) electrons. The molecule has 0 saturated carbocycles. The smallest absolute Gasteiger partial charge is 0.113 e. The highest BCUT2D eigenvalue weighted by Gasteiger charge is 2.36. The number of aromatic nitrogens is 1. The van der Waals surface area contributed by atoms with Gasteiger partial charge in [-0.15, -0.1) is 11.3 Å². The Morgan fingerprint density at radius 3 is 2.71 bits per heavy atom. The number of hydrogen-bond donors (Lipinski definition) is 1. The van der Waals surface area contributed by atoms with E-state index in [4.69, 9.17) is 4.98 Å². The van der Waals surface area contributed by atoms with Crippen LogP contribution in [0.5, 0.6) is 0 Å². The maximum atomic E-state index is 5.03. The van der Waals surface area contributed by atoms with Crippen LogP contribution in [-0.4, -0.2) is 36.6 Å². The summed E-state index contributed by atoms with van der Waals surface area (Å²) >= 11 is 1.85. The van der Waals surface area contributed by atoms with Crippen LogP contribution in [0.25, 0.3) is 0 Å². The molecular formula is C17H31N3S. The van der Waals surface area contributed by atoms with Crippen molar-refractivity contribution in [2.75, 3.05) is 26.7 Å². The van der Waals surface area contributed by atoms with E-state index in [1.54, 1.807) is 0 Å². The van der Waals surface area contributed by atoms with Crippen molar-refractivity contribution in [3.8, 4) is 0 Å². The molecule has 0 amide bonds. The molecule has 0 aliphatic carbocycles. The van der Waals surface area contributed by atoms with Crippen LogP contribution in [0.2, 0.25) is 0 Å². The van der Waals surface area contributed by atoms with Gasteiger partial charge in [0.1, 0.15) is 5.01 Å². The molecule has 1 N–H and O–H groups in total. The molecule has 0 spiro atoms. The van der Waals surface area contributed by atoms with Crippen molar-refractivity contribution in [2.24, 2.45) is 0 Å². The fraction of sp³-hybridized carbons (Fsp3) is 0.824. The molecule has 1 aromatic heterocycles. The van der Waals surface area contributed by atoms with Gasteiger partial charge in [0, 0.05) is 17.3 Å². The molecule has 2 rings (SSSR count). The van der Waals surface area contributed by atoms with E-state index in [1.807, 2.05) is 11.3 Å². The molecule has 4 heteroatoms. The summed E-state index contributed by atoms with van der Waals surface area (Å²) in [6.07, 6.45) is 4.79. The molecule has 0 aromatic carbocycles. The van der Waals surface area contributed by atoms with Gasteiger partial charge in [-0.05, 0) is 45.8 Å². The maximum absolute atomic E-state index is 5.03. The summed E-state index contributed by atoms with van der Waals surface area (Å²) in [5.41, 5.74) is 1.47. The fourth-order valence-electron chi connectivity index (χ4n) is 2.94. The second-order valence-corrected chi connectivity index (χ2v) is 8.31. The third-order valence-corrected chi connectivity index (χ3v) is 5.51. The van der Waals surface area contributed by atoms with E-state index in [0.29, 0.717) is 0 Å². The summed E-state index contributed by atoms with van der Waals surface area (Å²) in [6, 6.07) is 0. The van der Waals surface area contributed by atoms with Crippen molar-refractivity contribution in [1.29, 1.82) is 0 Å². The number of nitrogens with one attached hydrogen (secondary N) is 1. The van der Waals surface area contributed by atoms with Gasteiger partial charge in [0.2, 0.25) is 0 Å². The number of likely N-dealkylation sites (tertiary alicyclic amines) is 1. The minimum atomic E-state index is 0.0922. The normalized spacial score (nSPS) is 25.0. The van der Waals surface area contributed by atoms with E-state index in [-0.39, 0.29) is 11.0 Å². The van der Waals surface area contributed by atoms with E-state index >= 15 is 0 Å². The Hall–Kier alpha value is -0.450. The molecule has 1 fully saturated rings. The van der Waals surface area contributed by atoms with Crippen LogP contribution in [0, 0.1) is 0 Å². The largest absolute Gasteiger partial charge is 0.306 e. The monoisotopic (exact) mass is 309 g/mol. The first-order chi connectivity index (χ1) is 9.87. The second kappa shape index (κ2) is 6.76. The van der Waals surface area contributed by atoms with Crippen LogP contribution in [0.1, 0.15) is 64.1 Å². The minimum absolute atomic E-state index is 0.0922. The first-order valence-electron chi connectivity index (χ1n) is 8.27. The summed E-state index contributed by atoms with van der Waals surface area (Å²) in [7, 11) is 2.23. The van der Waals surface area contributed by atoms with Crippen LogP contribution in [-0.2, 0) is 11.0 Å². The van der Waals surface area contributed by atoms with Crippen LogP contribution >= 0.6 is 11.3 Å². The summed E-state index contributed by atoms with van der Waals surface area (Å²) in [4.78, 5) is 7.49. The Labute approximate surface area is 134 Å². The van der Waals surface area contributed by atoms with Gasteiger partial charge in [-0.2, -0.15) is 0 Å². The second-order valence-electron chi connectivity index (χ2n) is 7.45. The Balaban J connectivity index is 2.28. The SMILES string of the molecule is CCCNC1(c2nc(C(C)(C)C)cs2)CCCN(C)CC1. The third-order valence-electron chi connectivity index (χ3n) is 4.46. The molecule has 1 saturated heterocycles. The van der Waals surface area contributed by atoms with Crippen LogP contribution < -0.4 is 5.32 Å². The molecule has 1 unspecified atom stereocenters. The lowest BCUT2D eigenvalue weighted by Gasteiger charge is -2.32. The standard InChI is InChI=1S/C17H31N3S/c1-6-10-18-17(8-7-11-20(5)12-9-17)15-19-14(13-21-15)16(2,3)4/h13,18H,6-12H2,1-5H3. The Morgan fingerprint density at radius 2 is 2.10 bits per heavy atom. The Kier molecular flexibility index (Phi) is 5.44. The summed E-state index contributed by atoms with van der Waals surface area (Å²) in [6.45, 7) is 12.4. The minimum Gasteiger partial charge on any atom is -0.306 e. The first-order valence-corrected chi connectivity index (χ1v) is 9.15. The zero-order chi connectivity index (χ0) is 15.5. The lowest BCUT2D eigenvalue weighted by atomic mass is 9.90. The number of rotatable bonds is 4. The van der Waals surface area contributed by atoms with Crippen molar-refractivity contribution in [3.63, 3.8) is 0 Å². The van der Waals surface area contributed by atoms with Gasteiger partial charge in [-0.3, -0.25) is 0 Å². The average Bonchev–Trinajstić information content (AvgIpc) is 2.85. The molecule has 1 atom stereocenters. The number of thiazole rings is 1. The average molecular weight is 310 g/mol. The van der Waals surface area contributed by atoms with Crippen LogP contribution in [0.15, 0.2) is 5.38 Å².